The average Bonchev–Trinajstić information content (AvgIpc) is 2.74. The summed E-state index contributed by atoms with van der Waals surface area (Å²) in [6.07, 6.45) is 1.89. The van der Waals surface area contributed by atoms with Gasteiger partial charge in [-0.25, -0.2) is 0 Å². The maximum absolute atomic E-state index is 10.3. The number of carboxylic acids is 1. The normalized spacial score (nSPS) is 13.1. The second-order valence-corrected chi connectivity index (χ2v) is 6.91. The Morgan fingerprint density at radius 3 is 2.13 bits per heavy atom. The Morgan fingerprint density at radius 2 is 1.67 bits per heavy atom. The van der Waals surface area contributed by atoms with Crippen molar-refractivity contribution in [1.82, 2.24) is 20.4 Å². The highest BCUT2D eigenvalue weighted by atomic mass is 16.4. The topological polar surface area (TPSA) is 146 Å². The van der Waals surface area contributed by atoms with Crippen LogP contribution in [0.2, 0.25) is 0 Å². The van der Waals surface area contributed by atoms with Crippen LogP contribution in [0.3, 0.4) is 0 Å². The summed E-state index contributed by atoms with van der Waals surface area (Å²) in [6, 6.07) is -0.497. The molecule has 0 heterocycles. The van der Waals surface area contributed by atoms with Gasteiger partial charge >= 0.3 is 5.97 Å². The van der Waals surface area contributed by atoms with Gasteiger partial charge in [0.15, 0.2) is 0 Å². The number of carboxylic acid groups (broad SMARTS) is 1. The molecule has 30 heavy (non-hydrogen) atoms. The Morgan fingerprint density at radius 1 is 0.967 bits per heavy atom. The van der Waals surface area contributed by atoms with Crippen LogP contribution in [-0.2, 0) is 9.59 Å². The molecule has 0 saturated carbocycles. The molecular formula is C20H44N4O6. The molecule has 0 fully saturated rings. The highest BCUT2D eigenvalue weighted by Crippen LogP contribution is 2.05. The highest BCUT2D eigenvalue weighted by molar-refractivity contribution is 5.68. The summed E-state index contributed by atoms with van der Waals surface area (Å²) in [4.78, 5) is 24.4. The van der Waals surface area contributed by atoms with Gasteiger partial charge in [0.05, 0.1) is 38.4 Å². The van der Waals surface area contributed by atoms with Gasteiger partial charge in [-0.2, -0.15) is 0 Å². The van der Waals surface area contributed by atoms with E-state index < -0.39 is 18.1 Å². The average molecular weight is 437 g/mol. The third kappa shape index (κ3) is 17.7. The quantitative estimate of drug-likeness (QED) is 0.105. The van der Waals surface area contributed by atoms with Gasteiger partial charge in [-0.3, -0.25) is 9.69 Å². The van der Waals surface area contributed by atoms with Crippen LogP contribution >= 0.6 is 0 Å². The van der Waals surface area contributed by atoms with E-state index in [9.17, 15) is 19.8 Å². The van der Waals surface area contributed by atoms with E-state index in [0.717, 1.165) is 45.3 Å². The molecule has 0 rings (SSSR count). The molecule has 0 aliphatic rings. The van der Waals surface area contributed by atoms with Gasteiger partial charge in [0.25, 0.3) is 0 Å². The van der Waals surface area contributed by atoms with Gasteiger partial charge in [0, 0.05) is 26.2 Å². The van der Waals surface area contributed by atoms with Gasteiger partial charge in [-0.15, -0.1) is 0 Å². The first-order valence-electron chi connectivity index (χ1n) is 10.8. The van der Waals surface area contributed by atoms with Crippen molar-refractivity contribution in [3.63, 3.8) is 0 Å². The summed E-state index contributed by atoms with van der Waals surface area (Å²) in [7, 11) is 0. The third-order valence-electron chi connectivity index (χ3n) is 4.48. The van der Waals surface area contributed by atoms with Crippen molar-refractivity contribution in [2.45, 2.75) is 45.8 Å². The SMILES string of the molecule is CCCN(CC)CCN(CCNCC=O)C(CO)C(O)CO.CCCNCC(=O)O. The number of aliphatic carboxylic acids is 1. The lowest BCUT2D eigenvalue weighted by molar-refractivity contribution is -0.135. The molecular weight excluding hydrogens is 392 g/mol. The molecule has 0 aromatic rings. The van der Waals surface area contributed by atoms with Crippen molar-refractivity contribution in [2.24, 2.45) is 0 Å². The number of nitrogens with zero attached hydrogens (tertiary/aromatic N) is 2. The first-order chi connectivity index (χ1) is 14.4. The van der Waals surface area contributed by atoms with Crippen molar-refractivity contribution in [3.8, 4) is 0 Å². The minimum Gasteiger partial charge on any atom is -0.480 e. The molecule has 6 N–H and O–H groups in total. The van der Waals surface area contributed by atoms with Gasteiger partial charge < -0.3 is 40.8 Å². The first-order valence-corrected chi connectivity index (χ1v) is 10.8. The molecule has 0 aliphatic heterocycles. The highest BCUT2D eigenvalue weighted by Gasteiger charge is 2.25. The lowest BCUT2D eigenvalue weighted by Crippen LogP contribution is -2.52. The van der Waals surface area contributed by atoms with E-state index in [2.05, 4.69) is 29.4 Å². The predicted octanol–water partition coefficient (Wildman–Crippen LogP) is -1.41. The predicted molar refractivity (Wildman–Crippen MR) is 118 cm³/mol. The zero-order valence-corrected chi connectivity index (χ0v) is 18.9. The maximum Gasteiger partial charge on any atom is 0.317 e. The van der Waals surface area contributed by atoms with Crippen LogP contribution in [0.1, 0.15) is 33.6 Å². The number of carbonyl (C=O) groups is 2. The van der Waals surface area contributed by atoms with E-state index in [-0.39, 0.29) is 26.3 Å². The maximum atomic E-state index is 10.3. The molecule has 0 spiro atoms. The molecule has 2 unspecified atom stereocenters. The van der Waals surface area contributed by atoms with Crippen LogP contribution in [0.15, 0.2) is 0 Å². The lowest BCUT2D eigenvalue weighted by atomic mass is 10.1. The molecule has 10 nitrogen and oxygen atoms in total. The molecule has 0 aromatic heterocycles. The molecule has 2 atom stereocenters. The summed E-state index contributed by atoms with van der Waals surface area (Å²) < 4.78 is 0. The molecule has 0 amide bonds. The van der Waals surface area contributed by atoms with Crippen molar-refractivity contribution in [1.29, 1.82) is 0 Å². The van der Waals surface area contributed by atoms with E-state index in [4.69, 9.17) is 10.2 Å². The second-order valence-electron chi connectivity index (χ2n) is 6.91. The van der Waals surface area contributed by atoms with Gasteiger partial charge in [0.1, 0.15) is 6.29 Å². The van der Waals surface area contributed by atoms with Gasteiger partial charge in [0.2, 0.25) is 0 Å². The van der Waals surface area contributed by atoms with Crippen LogP contribution in [0, 0.1) is 0 Å². The Labute approximate surface area is 181 Å². The Balaban J connectivity index is 0. The van der Waals surface area contributed by atoms with Gasteiger partial charge in [-0.05, 0) is 32.5 Å². The number of hydrogen-bond donors (Lipinski definition) is 6. The van der Waals surface area contributed by atoms with Crippen LogP contribution in [0.4, 0.5) is 0 Å². The van der Waals surface area contributed by atoms with Crippen LogP contribution in [0.5, 0.6) is 0 Å². The van der Waals surface area contributed by atoms with E-state index >= 15 is 0 Å². The second kappa shape index (κ2) is 22.5. The van der Waals surface area contributed by atoms with E-state index in [0.29, 0.717) is 19.6 Å². The van der Waals surface area contributed by atoms with Crippen molar-refractivity contribution in [2.75, 3.05) is 72.1 Å². The van der Waals surface area contributed by atoms with Crippen molar-refractivity contribution >= 4 is 12.3 Å². The fourth-order valence-corrected chi connectivity index (χ4v) is 2.82. The lowest BCUT2D eigenvalue weighted by Gasteiger charge is -2.34. The number of nitrogens with one attached hydrogen (secondary N) is 2. The molecule has 0 saturated heterocycles. The zero-order chi connectivity index (χ0) is 23.2. The number of rotatable bonds is 19. The summed E-state index contributed by atoms with van der Waals surface area (Å²) in [5, 5.41) is 42.3. The number of aldehydes is 1. The fourth-order valence-electron chi connectivity index (χ4n) is 2.82. The number of aliphatic hydroxyl groups is 3. The Hall–Kier alpha value is -1.14. The molecule has 180 valence electrons. The van der Waals surface area contributed by atoms with E-state index in [1.54, 1.807) is 0 Å². The van der Waals surface area contributed by atoms with Crippen molar-refractivity contribution < 1.29 is 30.0 Å². The van der Waals surface area contributed by atoms with Crippen molar-refractivity contribution in [3.05, 3.63) is 0 Å². The third-order valence-corrected chi connectivity index (χ3v) is 4.48. The number of carbonyl (C=O) groups excluding carboxylic acids is 1. The Bertz CT molecular complexity index is 403. The van der Waals surface area contributed by atoms with Crippen LogP contribution < -0.4 is 10.6 Å². The van der Waals surface area contributed by atoms with Crippen LogP contribution in [0.25, 0.3) is 0 Å². The zero-order valence-electron chi connectivity index (χ0n) is 18.9. The Kier molecular flexibility index (Phi) is 23.3. The summed E-state index contributed by atoms with van der Waals surface area (Å²) in [5.74, 6) is -0.793. The molecule has 10 heteroatoms. The first kappa shape index (κ1) is 31.0. The smallest absolute Gasteiger partial charge is 0.317 e. The van der Waals surface area contributed by atoms with Gasteiger partial charge in [-0.1, -0.05) is 20.8 Å². The molecule has 0 bridgehead atoms. The molecule has 0 aliphatic carbocycles. The summed E-state index contributed by atoms with van der Waals surface area (Å²) >= 11 is 0. The minimum atomic E-state index is -0.975. The number of likely N-dealkylation sites (N-methyl/N-ethyl adjacent to an activating group) is 1. The van der Waals surface area contributed by atoms with E-state index in [1.807, 2.05) is 11.8 Å². The summed E-state index contributed by atoms with van der Waals surface area (Å²) in [6.45, 7) is 11.5. The molecule has 0 aromatic carbocycles. The number of aliphatic hydroxyl groups excluding tert-OH is 3. The summed E-state index contributed by atoms with van der Waals surface area (Å²) in [5.41, 5.74) is 0. The largest absolute Gasteiger partial charge is 0.480 e. The van der Waals surface area contributed by atoms with Crippen LogP contribution in [-0.4, -0.2) is 127 Å². The minimum absolute atomic E-state index is 0.0772. The molecule has 0 radical (unpaired) electrons. The fraction of sp³-hybridized carbons (Fsp3) is 0.900. The standard InChI is InChI=1S/C15H33N3O4.C5H11NO2/c1-3-7-17(4-2)9-10-18(8-5-16-6-11-19)14(12-20)15(22)13-21;1-2-3-6-4-5(7)8/h11,14-16,20-22H,3-10,12-13H2,1-2H3;6H,2-4H2,1H3,(H,7,8). The number of hydrogen-bond acceptors (Lipinski definition) is 9. The monoisotopic (exact) mass is 436 g/mol. The van der Waals surface area contributed by atoms with E-state index in [1.165, 1.54) is 0 Å².